The number of carbonyl (C=O) groups excluding carboxylic acids is 2. The minimum Gasteiger partial charge on any atom is -0.488 e. The van der Waals surface area contributed by atoms with E-state index >= 15 is 0 Å². The first-order valence-electron chi connectivity index (χ1n) is 10.2. The van der Waals surface area contributed by atoms with Crippen molar-refractivity contribution in [3.63, 3.8) is 0 Å². The van der Waals surface area contributed by atoms with Gasteiger partial charge in [-0.2, -0.15) is 5.01 Å². The number of rotatable bonds is 7. The molecule has 1 N–H and O–H groups in total. The maximum absolute atomic E-state index is 13.0. The quantitative estimate of drug-likeness (QED) is 0.150. The summed E-state index contributed by atoms with van der Waals surface area (Å²) in [7, 11) is 0. The number of nitro benzene ring substituents is 1. The summed E-state index contributed by atoms with van der Waals surface area (Å²) in [6.45, 7) is 0.165. The molecule has 1 aliphatic heterocycles. The van der Waals surface area contributed by atoms with Crippen LogP contribution in [0.5, 0.6) is 5.75 Å². The molecule has 0 unspecified atom stereocenters. The van der Waals surface area contributed by atoms with Crippen molar-refractivity contribution in [2.45, 2.75) is 6.61 Å². The maximum atomic E-state index is 13.0. The highest BCUT2D eigenvalue weighted by molar-refractivity contribution is 9.10. The van der Waals surface area contributed by atoms with E-state index in [0.717, 1.165) is 26.8 Å². The van der Waals surface area contributed by atoms with Gasteiger partial charge in [-0.3, -0.25) is 25.1 Å². The molecular formula is C24H15BrClN3O5S2. The van der Waals surface area contributed by atoms with E-state index in [1.54, 1.807) is 60.7 Å². The number of nitrogens with zero attached hydrogens (tertiary/aromatic N) is 2. The lowest BCUT2D eigenvalue weighted by Gasteiger charge is -2.15. The Balaban J connectivity index is 1.50. The lowest BCUT2D eigenvalue weighted by atomic mass is 10.1. The van der Waals surface area contributed by atoms with Gasteiger partial charge in [-0.05, 0) is 78.5 Å². The average molecular weight is 605 g/mol. The normalized spacial score (nSPS) is 14.3. The van der Waals surface area contributed by atoms with Gasteiger partial charge in [0.1, 0.15) is 12.4 Å². The molecule has 1 heterocycles. The highest BCUT2D eigenvalue weighted by Crippen LogP contribution is 2.34. The first kappa shape index (κ1) is 25.8. The molecule has 8 nitrogen and oxygen atoms in total. The summed E-state index contributed by atoms with van der Waals surface area (Å²) < 4.78 is 6.87. The van der Waals surface area contributed by atoms with Gasteiger partial charge < -0.3 is 4.74 Å². The van der Waals surface area contributed by atoms with Crippen molar-refractivity contribution in [1.82, 2.24) is 10.4 Å². The van der Waals surface area contributed by atoms with E-state index in [1.807, 2.05) is 0 Å². The number of nitrogens with one attached hydrogen (secondary N) is 1. The topological polar surface area (TPSA) is 102 Å². The number of thioether (sulfide) groups is 1. The van der Waals surface area contributed by atoms with E-state index < -0.39 is 16.7 Å². The smallest absolute Gasteiger partial charge is 0.285 e. The molecule has 0 spiro atoms. The number of hydrogen-bond donors (Lipinski definition) is 1. The van der Waals surface area contributed by atoms with Crippen LogP contribution in [0.3, 0.4) is 0 Å². The van der Waals surface area contributed by atoms with Crippen LogP contribution >= 0.6 is 51.5 Å². The van der Waals surface area contributed by atoms with Crippen molar-refractivity contribution >= 4 is 79.4 Å². The molecular weight excluding hydrogens is 590 g/mol. The maximum Gasteiger partial charge on any atom is 0.285 e. The molecule has 0 atom stereocenters. The summed E-state index contributed by atoms with van der Waals surface area (Å²) in [6.07, 6.45) is 1.63. The fourth-order valence-corrected chi connectivity index (χ4v) is 4.79. The zero-order chi connectivity index (χ0) is 25.8. The van der Waals surface area contributed by atoms with Gasteiger partial charge in [0.25, 0.3) is 17.5 Å². The standard InChI is InChI=1S/C24H15BrClN3O5S2/c25-17-5-10-20(34-13-14-1-8-19(9-2-14)29(32)33)16(11-17)12-21-23(31)28(24(35)36-21)27-22(30)15-3-6-18(26)7-4-15/h1-12H,13H2,(H,27,30)/b21-12-. The summed E-state index contributed by atoms with van der Waals surface area (Å²) >= 11 is 15.6. The Kier molecular flexibility index (Phi) is 8.04. The van der Waals surface area contributed by atoms with Crippen molar-refractivity contribution < 1.29 is 19.2 Å². The molecule has 1 fully saturated rings. The van der Waals surface area contributed by atoms with E-state index in [2.05, 4.69) is 21.4 Å². The summed E-state index contributed by atoms with van der Waals surface area (Å²) in [6, 6.07) is 17.6. The number of hydrazine groups is 1. The molecule has 36 heavy (non-hydrogen) atoms. The number of non-ortho nitro benzene ring substituents is 1. The number of benzene rings is 3. The Bertz CT molecular complexity index is 1400. The number of halogens is 2. The third kappa shape index (κ3) is 6.11. The van der Waals surface area contributed by atoms with E-state index in [4.69, 9.17) is 28.6 Å². The molecule has 3 aromatic rings. The van der Waals surface area contributed by atoms with Crippen LogP contribution in [0.4, 0.5) is 5.69 Å². The molecule has 0 radical (unpaired) electrons. The average Bonchev–Trinajstić information content (AvgIpc) is 3.11. The fraction of sp³-hybridized carbons (Fsp3) is 0.0417. The number of hydrogen-bond acceptors (Lipinski definition) is 7. The highest BCUT2D eigenvalue weighted by Gasteiger charge is 2.34. The predicted molar refractivity (Wildman–Crippen MR) is 146 cm³/mol. The molecule has 0 aromatic heterocycles. The molecule has 2 amide bonds. The van der Waals surface area contributed by atoms with E-state index in [1.165, 1.54) is 12.1 Å². The zero-order valence-electron chi connectivity index (χ0n) is 18.1. The third-order valence-electron chi connectivity index (χ3n) is 4.91. The SMILES string of the molecule is O=C(NN1C(=O)/C(=C/c2cc(Br)ccc2OCc2ccc([N+](=O)[O-])cc2)SC1=S)c1ccc(Cl)cc1. The molecule has 0 bridgehead atoms. The van der Waals surface area contributed by atoms with Crippen molar-refractivity contribution in [2.24, 2.45) is 0 Å². The Morgan fingerprint density at radius 1 is 1.17 bits per heavy atom. The number of ether oxygens (including phenoxy) is 1. The van der Waals surface area contributed by atoms with Gasteiger partial charge in [-0.25, -0.2) is 0 Å². The van der Waals surface area contributed by atoms with Crippen LogP contribution < -0.4 is 10.2 Å². The molecule has 12 heteroatoms. The van der Waals surface area contributed by atoms with E-state index in [-0.39, 0.29) is 16.6 Å². The lowest BCUT2D eigenvalue weighted by molar-refractivity contribution is -0.384. The molecule has 4 rings (SSSR count). The third-order valence-corrected chi connectivity index (χ3v) is 6.96. The molecule has 182 valence electrons. The van der Waals surface area contributed by atoms with Crippen molar-refractivity contribution in [3.05, 3.63) is 108 Å². The Hall–Kier alpha value is -3.25. The number of nitro groups is 1. The van der Waals surface area contributed by atoms with Crippen LogP contribution in [-0.2, 0) is 11.4 Å². The second-order valence-corrected chi connectivity index (χ2v) is 10.4. The fourth-order valence-electron chi connectivity index (χ4n) is 3.11. The Morgan fingerprint density at radius 3 is 2.53 bits per heavy atom. The highest BCUT2D eigenvalue weighted by atomic mass is 79.9. The molecule has 1 saturated heterocycles. The number of amides is 2. The Morgan fingerprint density at radius 2 is 1.86 bits per heavy atom. The minimum atomic E-state index is -0.501. The van der Waals surface area contributed by atoms with Crippen LogP contribution in [-0.4, -0.2) is 26.1 Å². The van der Waals surface area contributed by atoms with Gasteiger partial charge >= 0.3 is 0 Å². The summed E-state index contributed by atoms with van der Waals surface area (Å²) in [5.41, 5.74) is 4.19. The van der Waals surface area contributed by atoms with Crippen LogP contribution in [0, 0.1) is 10.1 Å². The van der Waals surface area contributed by atoms with Crippen LogP contribution in [0.2, 0.25) is 5.02 Å². The van der Waals surface area contributed by atoms with Gasteiger partial charge in [0, 0.05) is 32.8 Å². The summed E-state index contributed by atoms with van der Waals surface area (Å²) in [5, 5.41) is 12.4. The van der Waals surface area contributed by atoms with Gasteiger partial charge in [0.05, 0.1) is 9.83 Å². The van der Waals surface area contributed by atoms with Gasteiger partial charge in [-0.1, -0.05) is 39.3 Å². The second kappa shape index (κ2) is 11.2. The van der Waals surface area contributed by atoms with Gasteiger partial charge in [0.2, 0.25) is 0 Å². The lowest BCUT2D eigenvalue weighted by Crippen LogP contribution is -2.44. The Labute approximate surface area is 228 Å². The van der Waals surface area contributed by atoms with Crippen LogP contribution in [0.15, 0.2) is 76.1 Å². The van der Waals surface area contributed by atoms with E-state index in [0.29, 0.717) is 26.8 Å². The largest absolute Gasteiger partial charge is 0.488 e. The molecule has 1 aliphatic rings. The van der Waals surface area contributed by atoms with Crippen molar-refractivity contribution in [3.8, 4) is 5.75 Å². The second-order valence-electron chi connectivity index (χ2n) is 7.36. The zero-order valence-corrected chi connectivity index (χ0v) is 22.1. The van der Waals surface area contributed by atoms with Gasteiger partial charge in [-0.15, -0.1) is 0 Å². The first-order valence-corrected chi connectivity index (χ1v) is 12.6. The molecule has 0 aliphatic carbocycles. The van der Waals surface area contributed by atoms with Gasteiger partial charge in [0.15, 0.2) is 4.32 Å². The molecule has 0 saturated carbocycles. The van der Waals surface area contributed by atoms with E-state index in [9.17, 15) is 19.7 Å². The van der Waals surface area contributed by atoms with Crippen molar-refractivity contribution in [1.29, 1.82) is 0 Å². The van der Waals surface area contributed by atoms with Crippen LogP contribution in [0.25, 0.3) is 6.08 Å². The predicted octanol–water partition coefficient (Wildman–Crippen LogP) is 6.14. The summed E-state index contributed by atoms with van der Waals surface area (Å²) in [5.74, 6) is -0.487. The van der Waals surface area contributed by atoms with Crippen molar-refractivity contribution in [2.75, 3.05) is 0 Å². The number of carbonyl (C=O) groups is 2. The molecule has 3 aromatic carbocycles. The first-order chi connectivity index (χ1) is 17.2. The summed E-state index contributed by atoms with van der Waals surface area (Å²) in [4.78, 5) is 36.2. The van der Waals surface area contributed by atoms with Crippen LogP contribution in [0.1, 0.15) is 21.5 Å². The monoisotopic (exact) mass is 603 g/mol. The number of thiocarbonyl (C=S) groups is 1. The minimum absolute atomic E-state index is 0.00624.